The number of anilines is 1. The molecule has 1 aliphatic heterocycles. The SMILES string of the molecule is NCC1CN(C(=O)Nc2ccc(F)cc2F)C1. The number of carbonyl (C=O) groups excluding carboxylic acids is 1. The molecule has 0 radical (unpaired) electrons. The summed E-state index contributed by atoms with van der Waals surface area (Å²) in [5, 5.41) is 2.39. The number of urea groups is 1. The Morgan fingerprint density at radius 3 is 2.76 bits per heavy atom. The van der Waals surface area contributed by atoms with Crippen molar-refractivity contribution in [1.29, 1.82) is 0 Å². The topological polar surface area (TPSA) is 58.4 Å². The van der Waals surface area contributed by atoms with Gasteiger partial charge in [-0.3, -0.25) is 0 Å². The Balaban J connectivity index is 1.95. The van der Waals surface area contributed by atoms with E-state index >= 15 is 0 Å². The van der Waals surface area contributed by atoms with Gasteiger partial charge in [-0.25, -0.2) is 13.6 Å². The first-order valence-corrected chi connectivity index (χ1v) is 5.31. The smallest absolute Gasteiger partial charge is 0.321 e. The average molecular weight is 241 g/mol. The van der Waals surface area contributed by atoms with Crippen molar-refractivity contribution in [2.75, 3.05) is 25.0 Å². The molecule has 0 atom stereocenters. The van der Waals surface area contributed by atoms with E-state index in [-0.39, 0.29) is 11.7 Å². The molecule has 1 heterocycles. The highest BCUT2D eigenvalue weighted by molar-refractivity contribution is 5.89. The van der Waals surface area contributed by atoms with Gasteiger partial charge in [0.2, 0.25) is 0 Å². The van der Waals surface area contributed by atoms with Crippen LogP contribution in [0.25, 0.3) is 0 Å². The predicted octanol–water partition coefficient (Wildman–Crippen LogP) is 1.39. The fourth-order valence-electron chi connectivity index (χ4n) is 1.67. The van der Waals surface area contributed by atoms with Gasteiger partial charge in [0.1, 0.15) is 11.6 Å². The zero-order valence-corrected chi connectivity index (χ0v) is 9.12. The van der Waals surface area contributed by atoms with Crippen LogP contribution in [0.3, 0.4) is 0 Å². The van der Waals surface area contributed by atoms with E-state index in [0.29, 0.717) is 25.6 Å². The summed E-state index contributed by atoms with van der Waals surface area (Å²) in [6.07, 6.45) is 0. The van der Waals surface area contributed by atoms with Crippen molar-refractivity contribution < 1.29 is 13.6 Å². The highest BCUT2D eigenvalue weighted by Gasteiger charge is 2.29. The molecule has 0 aromatic heterocycles. The van der Waals surface area contributed by atoms with Crippen LogP contribution in [0, 0.1) is 17.6 Å². The van der Waals surface area contributed by atoms with Gasteiger partial charge in [-0.15, -0.1) is 0 Å². The van der Waals surface area contributed by atoms with Crippen molar-refractivity contribution in [3.63, 3.8) is 0 Å². The number of rotatable bonds is 2. The second-order valence-corrected chi connectivity index (χ2v) is 4.06. The van der Waals surface area contributed by atoms with Crippen molar-refractivity contribution in [2.45, 2.75) is 0 Å². The summed E-state index contributed by atoms with van der Waals surface area (Å²) >= 11 is 0. The molecule has 1 aromatic carbocycles. The first-order valence-electron chi connectivity index (χ1n) is 5.31. The maximum absolute atomic E-state index is 13.2. The van der Waals surface area contributed by atoms with Crippen LogP contribution in [-0.2, 0) is 0 Å². The van der Waals surface area contributed by atoms with Gasteiger partial charge >= 0.3 is 6.03 Å². The number of benzene rings is 1. The zero-order chi connectivity index (χ0) is 12.4. The number of nitrogens with one attached hydrogen (secondary N) is 1. The molecule has 3 N–H and O–H groups in total. The molecule has 1 fully saturated rings. The highest BCUT2D eigenvalue weighted by atomic mass is 19.1. The zero-order valence-electron chi connectivity index (χ0n) is 9.12. The van der Waals surface area contributed by atoms with E-state index in [1.54, 1.807) is 0 Å². The lowest BCUT2D eigenvalue weighted by molar-refractivity contribution is 0.135. The molecule has 17 heavy (non-hydrogen) atoms. The molecule has 0 aliphatic carbocycles. The van der Waals surface area contributed by atoms with Crippen molar-refractivity contribution in [1.82, 2.24) is 4.90 Å². The van der Waals surface area contributed by atoms with E-state index in [1.807, 2.05) is 0 Å². The van der Waals surface area contributed by atoms with Gasteiger partial charge in [-0.05, 0) is 18.7 Å². The first kappa shape index (κ1) is 11.8. The third kappa shape index (κ3) is 2.52. The quantitative estimate of drug-likeness (QED) is 0.822. The molecule has 1 saturated heterocycles. The molecule has 0 unspecified atom stereocenters. The monoisotopic (exact) mass is 241 g/mol. The van der Waals surface area contributed by atoms with Crippen LogP contribution in [0.5, 0.6) is 0 Å². The maximum atomic E-state index is 13.2. The molecule has 6 heteroatoms. The summed E-state index contributed by atoms with van der Waals surface area (Å²) in [5.74, 6) is -1.14. The van der Waals surface area contributed by atoms with Crippen LogP contribution in [0.15, 0.2) is 18.2 Å². The summed E-state index contributed by atoms with van der Waals surface area (Å²) in [6, 6.07) is 2.63. The van der Waals surface area contributed by atoms with Crippen LogP contribution in [0.1, 0.15) is 0 Å². The second kappa shape index (κ2) is 4.67. The van der Waals surface area contributed by atoms with Crippen LogP contribution in [-0.4, -0.2) is 30.6 Å². The molecule has 92 valence electrons. The Hall–Kier alpha value is -1.69. The number of hydrogen-bond donors (Lipinski definition) is 2. The van der Waals surface area contributed by atoms with Crippen molar-refractivity contribution >= 4 is 11.7 Å². The van der Waals surface area contributed by atoms with Crippen LogP contribution in [0.4, 0.5) is 19.3 Å². The van der Waals surface area contributed by atoms with Gasteiger partial charge in [0.05, 0.1) is 5.69 Å². The molecular weight excluding hydrogens is 228 g/mol. The minimum Gasteiger partial charge on any atom is -0.330 e. The Morgan fingerprint density at radius 2 is 2.18 bits per heavy atom. The van der Waals surface area contributed by atoms with E-state index in [0.717, 1.165) is 12.1 Å². The van der Waals surface area contributed by atoms with Crippen molar-refractivity contribution in [2.24, 2.45) is 11.7 Å². The van der Waals surface area contributed by atoms with Gasteiger partial charge in [-0.1, -0.05) is 0 Å². The summed E-state index contributed by atoms with van der Waals surface area (Å²) < 4.78 is 25.9. The van der Waals surface area contributed by atoms with Crippen molar-refractivity contribution in [3.8, 4) is 0 Å². The number of hydrogen-bond acceptors (Lipinski definition) is 2. The molecule has 1 aromatic rings. The van der Waals surface area contributed by atoms with Crippen LogP contribution >= 0.6 is 0 Å². The predicted molar refractivity (Wildman–Crippen MR) is 59.5 cm³/mol. The molecule has 0 saturated carbocycles. The summed E-state index contributed by atoms with van der Waals surface area (Å²) in [4.78, 5) is 13.1. The molecular formula is C11H13F2N3O. The van der Waals surface area contributed by atoms with Crippen LogP contribution in [0.2, 0.25) is 0 Å². The summed E-state index contributed by atoms with van der Waals surface area (Å²) in [7, 11) is 0. The van der Waals surface area contributed by atoms with Gasteiger partial charge < -0.3 is 16.0 Å². The fourth-order valence-corrected chi connectivity index (χ4v) is 1.67. The third-order valence-corrected chi connectivity index (χ3v) is 2.75. The number of likely N-dealkylation sites (tertiary alicyclic amines) is 1. The lowest BCUT2D eigenvalue weighted by Gasteiger charge is -2.38. The fraction of sp³-hybridized carbons (Fsp3) is 0.364. The van der Waals surface area contributed by atoms with E-state index < -0.39 is 11.6 Å². The number of carbonyl (C=O) groups is 1. The van der Waals surface area contributed by atoms with Gasteiger partial charge in [0.25, 0.3) is 0 Å². The Kier molecular flexibility index (Phi) is 3.23. The minimum atomic E-state index is -0.783. The maximum Gasteiger partial charge on any atom is 0.321 e. The van der Waals surface area contributed by atoms with E-state index in [9.17, 15) is 13.6 Å². The average Bonchev–Trinajstić information content (AvgIpc) is 2.21. The first-order chi connectivity index (χ1) is 8.10. The molecule has 0 spiro atoms. The lowest BCUT2D eigenvalue weighted by Crippen LogP contribution is -2.54. The van der Waals surface area contributed by atoms with E-state index in [1.165, 1.54) is 11.0 Å². The second-order valence-electron chi connectivity index (χ2n) is 4.06. The van der Waals surface area contributed by atoms with E-state index in [4.69, 9.17) is 5.73 Å². The molecule has 2 rings (SSSR count). The van der Waals surface area contributed by atoms with Crippen LogP contribution < -0.4 is 11.1 Å². The van der Waals surface area contributed by atoms with Gasteiger partial charge in [0, 0.05) is 25.1 Å². The highest BCUT2D eigenvalue weighted by Crippen LogP contribution is 2.19. The molecule has 2 amide bonds. The number of amides is 2. The van der Waals surface area contributed by atoms with Gasteiger partial charge in [-0.2, -0.15) is 0 Å². The number of nitrogens with zero attached hydrogens (tertiary/aromatic N) is 1. The molecule has 4 nitrogen and oxygen atoms in total. The third-order valence-electron chi connectivity index (χ3n) is 2.75. The minimum absolute atomic E-state index is 0.0207. The Morgan fingerprint density at radius 1 is 1.47 bits per heavy atom. The standard InChI is InChI=1S/C11H13F2N3O/c12-8-1-2-10(9(13)3-8)15-11(17)16-5-7(4-14)6-16/h1-3,7H,4-6,14H2,(H,15,17). The normalized spacial score (nSPS) is 15.6. The Labute approximate surface area is 97.4 Å². The lowest BCUT2D eigenvalue weighted by atomic mass is 10.0. The molecule has 1 aliphatic rings. The summed E-state index contributed by atoms with van der Waals surface area (Å²) in [5.41, 5.74) is 5.41. The number of halogens is 2. The molecule has 0 bridgehead atoms. The van der Waals surface area contributed by atoms with E-state index in [2.05, 4.69) is 5.32 Å². The largest absolute Gasteiger partial charge is 0.330 e. The number of nitrogens with two attached hydrogens (primary N) is 1. The Bertz CT molecular complexity index is 433. The summed E-state index contributed by atoms with van der Waals surface area (Å²) in [6.45, 7) is 1.69. The van der Waals surface area contributed by atoms with Gasteiger partial charge in [0.15, 0.2) is 0 Å². The van der Waals surface area contributed by atoms with Crippen molar-refractivity contribution in [3.05, 3.63) is 29.8 Å².